The summed E-state index contributed by atoms with van der Waals surface area (Å²) in [7, 11) is 1.85. The van der Waals surface area contributed by atoms with Gasteiger partial charge < -0.3 is 14.7 Å². The van der Waals surface area contributed by atoms with Crippen molar-refractivity contribution in [1.82, 2.24) is 14.7 Å². The molecule has 1 amide bonds. The molecule has 3 heterocycles. The predicted molar refractivity (Wildman–Crippen MR) is 88.9 cm³/mol. The second kappa shape index (κ2) is 6.00. The van der Waals surface area contributed by atoms with Crippen LogP contribution in [0.4, 0.5) is 0 Å². The summed E-state index contributed by atoms with van der Waals surface area (Å²) in [6, 6.07) is 7.42. The number of carbonyl (C=O) groups is 2. The van der Waals surface area contributed by atoms with Crippen LogP contribution in [0.2, 0.25) is 0 Å². The number of carboxylic acids is 1. The molecule has 0 radical (unpaired) electrons. The Balaban J connectivity index is 1.53. The van der Waals surface area contributed by atoms with Gasteiger partial charge in [0.25, 0.3) is 5.91 Å². The maximum Gasteiger partial charge on any atom is 0.309 e. The van der Waals surface area contributed by atoms with Crippen LogP contribution in [0.25, 0.3) is 11.1 Å². The SMILES string of the molecule is Cn1cc(-c2cccc(C(=O)N3C[C@@H]4[C@H](C3)OC[C@@H]4C(=O)O)c2)cn1. The largest absolute Gasteiger partial charge is 0.481 e. The first kappa shape index (κ1) is 15.8. The van der Waals surface area contributed by atoms with E-state index in [4.69, 9.17) is 4.74 Å². The summed E-state index contributed by atoms with van der Waals surface area (Å²) in [5, 5.41) is 13.4. The maximum atomic E-state index is 12.8. The van der Waals surface area contributed by atoms with Gasteiger partial charge in [-0.2, -0.15) is 5.10 Å². The van der Waals surface area contributed by atoms with Crippen molar-refractivity contribution in [2.45, 2.75) is 6.10 Å². The van der Waals surface area contributed by atoms with Gasteiger partial charge in [-0.1, -0.05) is 12.1 Å². The Morgan fingerprint density at radius 2 is 2.12 bits per heavy atom. The first-order valence-corrected chi connectivity index (χ1v) is 8.25. The minimum Gasteiger partial charge on any atom is -0.481 e. The summed E-state index contributed by atoms with van der Waals surface area (Å²) in [5.41, 5.74) is 2.47. The van der Waals surface area contributed by atoms with Crippen molar-refractivity contribution in [2.24, 2.45) is 18.9 Å². The van der Waals surface area contributed by atoms with E-state index in [1.807, 2.05) is 31.4 Å². The smallest absolute Gasteiger partial charge is 0.309 e. The molecular weight excluding hydrogens is 322 g/mol. The Hall–Kier alpha value is -2.67. The standard InChI is InChI=1S/C18H19N3O4/c1-20-7-13(6-19-20)11-3-2-4-12(5-11)17(22)21-8-14-15(18(23)24)10-25-16(14)9-21/h2-7,14-16H,8-10H2,1H3,(H,23,24)/t14-,15-,16-/m0/s1. The van der Waals surface area contributed by atoms with Gasteiger partial charge in [-0.15, -0.1) is 0 Å². The average Bonchev–Trinajstić information content (AvgIpc) is 3.29. The molecule has 25 heavy (non-hydrogen) atoms. The van der Waals surface area contributed by atoms with Crippen LogP contribution >= 0.6 is 0 Å². The number of benzene rings is 1. The van der Waals surface area contributed by atoms with Gasteiger partial charge in [-0.3, -0.25) is 14.3 Å². The number of likely N-dealkylation sites (tertiary alicyclic amines) is 1. The third-order valence-electron chi connectivity index (χ3n) is 5.07. The van der Waals surface area contributed by atoms with Gasteiger partial charge in [0, 0.05) is 43.4 Å². The van der Waals surface area contributed by atoms with Crippen LogP contribution in [-0.2, 0) is 16.6 Å². The van der Waals surface area contributed by atoms with E-state index in [9.17, 15) is 14.7 Å². The molecule has 7 heteroatoms. The van der Waals surface area contributed by atoms with E-state index in [-0.39, 0.29) is 24.5 Å². The van der Waals surface area contributed by atoms with Crippen molar-refractivity contribution in [3.05, 3.63) is 42.2 Å². The highest BCUT2D eigenvalue weighted by molar-refractivity contribution is 5.95. The van der Waals surface area contributed by atoms with E-state index in [2.05, 4.69) is 5.10 Å². The highest BCUT2D eigenvalue weighted by Crippen LogP contribution is 2.34. The van der Waals surface area contributed by atoms with Crippen molar-refractivity contribution >= 4 is 11.9 Å². The molecule has 0 spiro atoms. The van der Waals surface area contributed by atoms with Gasteiger partial charge in [0.1, 0.15) is 0 Å². The second-order valence-electron chi connectivity index (χ2n) is 6.67. The van der Waals surface area contributed by atoms with E-state index in [1.165, 1.54) is 0 Å². The molecule has 2 saturated heterocycles. The lowest BCUT2D eigenvalue weighted by Gasteiger charge is -2.18. The van der Waals surface area contributed by atoms with Crippen LogP contribution in [0.15, 0.2) is 36.7 Å². The molecule has 130 valence electrons. The molecule has 7 nitrogen and oxygen atoms in total. The molecule has 0 bridgehead atoms. The monoisotopic (exact) mass is 341 g/mol. The van der Waals surface area contributed by atoms with E-state index in [0.717, 1.165) is 11.1 Å². The van der Waals surface area contributed by atoms with Crippen molar-refractivity contribution in [2.75, 3.05) is 19.7 Å². The molecule has 0 saturated carbocycles. The van der Waals surface area contributed by atoms with Gasteiger partial charge in [0.05, 0.1) is 24.8 Å². The molecule has 1 aromatic heterocycles. The number of ether oxygens (including phenoxy) is 1. The topological polar surface area (TPSA) is 84.7 Å². The lowest BCUT2D eigenvalue weighted by molar-refractivity contribution is -0.142. The second-order valence-corrected chi connectivity index (χ2v) is 6.67. The number of aryl methyl sites for hydroxylation is 1. The van der Waals surface area contributed by atoms with Gasteiger partial charge in [0.2, 0.25) is 0 Å². The summed E-state index contributed by atoms with van der Waals surface area (Å²) in [5.74, 6) is -1.58. The first-order valence-electron chi connectivity index (χ1n) is 8.25. The Morgan fingerprint density at radius 1 is 1.28 bits per heavy atom. The fourth-order valence-electron chi connectivity index (χ4n) is 3.72. The van der Waals surface area contributed by atoms with E-state index in [0.29, 0.717) is 18.7 Å². The number of carboxylic acid groups (broad SMARTS) is 1. The molecule has 2 aliphatic rings. The molecular formula is C18H19N3O4. The molecule has 0 aliphatic carbocycles. The zero-order valence-corrected chi connectivity index (χ0v) is 13.8. The van der Waals surface area contributed by atoms with Crippen LogP contribution in [0.3, 0.4) is 0 Å². The van der Waals surface area contributed by atoms with Crippen molar-refractivity contribution in [1.29, 1.82) is 0 Å². The maximum absolute atomic E-state index is 12.8. The van der Waals surface area contributed by atoms with Crippen LogP contribution < -0.4 is 0 Å². The summed E-state index contributed by atoms with van der Waals surface area (Å²) in [6.07, 6.45) is 3.48. The number of nitrogens with zero attached hydrogens (tertiary/aromatic N) is 3. The van der Waals surface area contributed by atoms with Gasteiger partial charge >= 0.3 is 5.97 Å². The van der Waals surface area contributed by atoms with Crippen molar-refractivity contribution < 1.29 is 19.4 Å². The van der Waals surface area contributed by atoms with E-state index >= 15 is 0 Å². The molecule has 1 N–H and O–H groups in total. The van der Waals surface area contributed by atoms with Crippen LogP contribution in [0.5, 0.6) is 0 Å². The quantitative estimate of drug-likeness (QED) is 0.908. The third kappa shape index (κ3) is 2.80. The normalized spacial score (nSPS) is 25.2. The molecule has 2 fully saturated rings. The van der Waals surface area contributed by atoms with Crippen LogP contribution in [-0.4, -0.2) is 57.5 Å². The fourth-order valence-corrected chi connectivity index (χ4v) is 3.72. The highest BCUT2D eigenvalue weighted by atomic mass is 16.5. The molecule has 1 aromatic carbocycles. The third-order valence-corrected chi connectivity index (χ3v) is 5.07. The first-order chi connectivity index (χ1) is 12.0. The number of rotatable bonds is 3. The van der Waals surface area contributed by atoms with Crippen molar-refractivity contribution in [3.63, 3.8) is 0 Å². The lowest BCUT2D eigenvalue weighted by Crippen LogP contribution is -2.32. The van der Waals surface area contributed by atoms with E-state index in [1.54, 1.807) is 21.8 Å². The minimum absolute atomic E-state index is 0.0899. The summed E-state index contributed by atoms with van der Waals surface area (Å²) >= 11 is 0. The zero-order chi connectivity index (χ0) is 17.6. The molecule has 2 aliphatic heterocycles. The number of hydrogen-bond acceptors (Lipinski definition) is 4. The number of fused-ring (bicyclic) bond motifs is 1. The molecule has 0 unspecified atom stereocenters. The Kier molecular flexibility index (Phi) is 3.80. The average molecular weight is 341 g/mol. The Bertz CT molecular complexity index is 831. The summed E-state index contributed by atoms with van der Waals surface area (Å²) in [4.78, 5) is 25.8. The lowest BCUT2D eigenvalue weighted by atomic mass is 9.93. The number of hydrogen-bond donors (Lipinski definition) is 1. The number of amides is 1. The predicted octanol–water partition coefficient (Wildman–Crippen LogP) is 1.26. The molecule has 3 atom stereocenters. The minimum atomic E-state index is -0.847. The number of aliphatic carboxylic acids is 1. The fraction of sp³-hybridized carbons (Fsp3) is 0.389. The zero-order valence-electron chi connectivity index (χ0n) is 13.8. The summed E-state index contributed by atoms with van der Waals surface area (Å²) in [6.45, 7) is 1.12. The van der Waals surface area contributed by atoms with Crippen LogP contribution in [0, 0.1) is 11.8 Å². The van der Waals surface area contributed by atoms with Crippen LogP contribution in [0.1, 0.15) is 10.4 Å². The van der Waals surface area contributed by atoms with Crippen molar-refractivity contribution in [3.8, 4) is 11.1 Å². The Morgan fingerprint density at radius 3 is 2.84 bits per heavy atom. The van der Waals surface area contributed by atoms with Gasteiger partial charge in [-0.25, -0.2) is 0 Å². The molecule has 2 aromatic rings. The Labute approximate surface area is 144 Å². The summed E-state index contributed by atoms with van der Waals surface area (Å²) < 4.78 is 7.29. The number of aromatic nitrogens is 2. The molecule has 4 rings (SSSR count). The van der Waals surface area contributed by atoms with E-state index < -0.39 is 11.9 Å². The van der Waals surface area contributed by atoms with Gasteiger partial charge in [0.15, 0.2) is 0 Å². The number of carbonyl (C=O) groups excluding carboxylic acids is 1. The highest BCUT2D eigenvalue weighted by Gasteiger charge is 2.48. The van der Waals surface area contributed by atoms with Gasteiger partial charge in [-0.05, 0) is 17.7 Å².